The second-order valence-electron chi connectivity index (χ2n) is 7.85. The van der Waals surface area contributed by atoms with E-state index in [9.17, 15) is 13.2 Å². The standard InChI is InChI=1S/C26H22N4O3S/c31-26(30(24-11-3-5-17-27-24)25-12-4-6-18-28-25)21-13-15-22(16-14-21)34(32,33)29-19-7-9-20-8-1-2-10-23(20)29/h1-6,8,10-18H,7,9,19H2. The number of fused-ring (bicyclic) bond motifs is 1. The van der Waals surface area contributed by atoms with E-state index in [0.717, 1.165) is 18.4 Å². The number of hydrogen-bond donors (Lipinski definition) is 0. The molecule has 1 aliphatic heterocycles. The minimum Gasteiger partial charge on any atom is -0.268 e. The molecule has 0 radical (unpaired) electrons. The number of anilines is 3. The van der Waals surface area contributed by atoms with Crippen LogP contribution in [0.3, 0.4) is 0 Å². The summed E-state index contributed by atoms with van der Waals surface area (Å²) in [5.74, 6) is 0.491. The van der Waals surface area contributed by atoms with Crippen LogP contribution in [0.4, 0.5) is 17.3 Å². The second-order valence-corrected chi connectivity index (χ2v) is 9.71. The van der Waals surface area contributed by atoms with E-state index in [1.165, 1.54) is 33.5 Å². The Kier molecular flexibility index (Phi) is 5.81. The molecular formula is C26H22N4O3S. The quantitative estimate of drug-likeness (QED) is 0.426. The maximum absolute atomic E-state index is 13.5. The van der Waals surface area contributed by atoms with Gasteiger partial charge in [0.25, 0.3) is 15.9 Å². The van der Waals surface area contributed by atoms with Gasteiger partial charge in [-0.25, -0.2) is 23.3 Å². The van der Waals surface area contributed by atoms with Crippen molar-refractivity contribution < 1.29 is 13.2 Å². The van der Waals surface area contributed by atoms with Crippen molar-refractivity contribution >= 4 is 33.3 Å². The van der Waals surface area contributed by atoms with E-state index in [1.807, 2.05) is 24.3 Å². The van der Waals surface area contributed by atoms with Gasteiger partial charge in [0.1, 0.15) is 11.6 Å². The van der Waals surface area contributed by atoms with Crippen molar-refractivity contribution in [3.05, 3.63) is 108 Å². The summed E-state index contributed by atoms with van der Waals surface area (Å²) >= 11 is 0. The molecule has 34 heavy (non-hydrogen) atoms. The number of carbonyl (C=O) groups is 1. The molecule has 0 unspecified atom stereocenters. The Morgan fingerprint density at radius 2 is 1.41 bits per heavy atom. The van der Waals surface area contributed by atoms with E-state index < -0.39 is 10.0 Å². The number of carbonyl (C=O) groups excluding carboxylic acids is 1. The number of sulfonamides is 1. The van der Waals surface area contributed by atoms with Gasteiger partial charge < -0.3 is 0 Å². The zero-order chi connectivity index (χ0) is 23.5. The summed E-state index contributed by atoms with van der Waals surface area (Å²) < 4.78 is 28.3. The number of aryl methyl sites for hydroxylation is 1. The lowest BCUT2D eigenvalue weighted by Gasteiger charge is -2.30. The fourth-order valence-corrected chi connectivity index (χ4v) is 5.61. The van der Waals surface area contributed by atoms with Gasteiger partial charge in [0.15, 0.2) is 0 Å². The van der Waals surface area contributed by atoms with Gasteiger partial charge in [0.05, 0.1) is 10.6 Å². The Bertz CT molecular complexity index is 1370. The van der Waals surface area contributed by atoms with Crippen molar-refractivity contribution in [3.63, 3.8) is 0 Å². The molecule has 8 heteroatoms. The summed E-state index contributed by atoms with van der Waals surface area (Å²) in [5, 5.41) is 0. The molecule has 2 aromatic carbocycles. The number of hydrogen-bond acceptors (Lipinski definition) is 5. The molecule has 4 aromatic rings. The normalized spacial score (nSPS) is 13.2. The maximum atomic E-state index is 13.5. The molecule has 1 amide bonds. The summed E-state index contributed by atoms with van der Waals surface area (Å²) in [4.78, 5) is 23.6. The molecule has 0 saturated carbocycles. The predicted octanol–water partition coefficient (Wildman–Crippen LogP) is 4.60. The molecule has 0 saturated heterocycles. The van der Waals surface area contributed by atoms with Crippen LogP contribution in [-0.4, -0.2) is 30.8 Å². The van der Waals surface area contributed by atoms with Crippen molar-refractivity contribution in [3.8, 4) is 0 Å². The van der Waals surface area contributed by atoms with Gasteiger partial charge in [0, 0.05) is 24.5 Å². The molecule has 2 aromatic heterocycles. The van der Waals surface area contributed by atoms with Gasteiger partial charge in [0.2, 0.25) is 0 Å². The zero-order valence-corrected chi connectivity index (χ0v) is 19.1. The van der Waals surface area contributed by atoms with Crippen LogP contribution in [0.1, 0.15) is 22.3 Å². The lowest BCUT2D eigenvalue weighted by Crippen LogP contribution is -2.35. The SMILES string of the molecule is O=C(c1ccc(S(=O)(=O)N2CCCc3ccccc32)cc1)N(c1ccccn1)c1ccccn1. The molecule has 0 aliphatic carbocycles. The van der Waals surface area contributed by atoms with Crippen LogP contribution in [0.25, 0.3) is 0 Å². The Morgan fingerprint density at radius 1 is 0.794 bits per heavy atom. The Labute approximate surface area is 198 Å². The highest BCUT2D eigenvalue weighted by Gasteiger charge is 2.29. The molecule has 3 heterocycles. The molecular weight excluding hydrogens is 448 g/mol. The van der Waals surface area contributed by atoms with Crippen molar-refractivity contribution in [2.24, 2.45) is 0 Å². The zero-order valence-electron chi connectivity index (χ0n) is 18.3. The van der Waals surface area contributed by atoms with E-state index in [4.69, 9.17) is 0 Å². The molecule has 0 fully saturated rings. The first-order valence-corrected chi connectivity index (χ1v) is 12.4. The molecule has 170 valence electrons. The number of para-hydroxylation sites is 1. The van der Waals surface area contributed by atoms with Gasteiger partial charge in [-0.1, -0.05) is 30.3 Å². The highest BCUT2D eigenvalue weighted by Crippen LogP contribution is 2.32. The molecule has 0 bridgehead atoms. The largest absolute Gasteiger partial charge is 0.268 e. The lowest BCUT2D eigenvalue weighted by atomic mass is 10.0. The maximum Gasteiger partial charge on any atom is 0.265 e. The van der Waals surface area contributed by atoms with Crippen LogP contribution in [0.5, 0.6) is 0 Å². The molecule has 5 rings (SSSR count). The van der Waals surface area contributed by atoms with E-state index in [-0.39, 0.29) is 10.8 Å². The molecule has 1 aliphatic rings. The van der Waals surface area contributed by atoms with Crippen LogP contribution in [0.15, 0.2) is 102 Å². The van der Waals surface area contributed by atoms with Crippen molar-refractivity contribution in [2.45, 2.75) is 17.7 Å². The third kappa shape index (κ3) is 4.04. The number of benzene rings is 2. The summed E-state index contributed by atoms with van der Waals surface area (Å²) in [6.07, 6.45) is 4.82. The summed E-state index contributed by atoms with van der Waals surface area (Å²) in [7, 11) is -3.76. The van der Waals surface area contributed by atoms with E-state index >= 15 is 0 Å². The van der Waals surface area contributed by atoms with Crippen molar-refractivity contribution in [2.75, 3.05) is 15.7 Å². The van der Waals surface area contributed by atoms with Crippen LogP contribution < -0.4 is 9.21 Å². The fourth-order valence-electron chi connectivity index (χ4n) is 4.07. The van der Waals surface area contributed by atoms with Crippen molar-refractivity contribution in [1.29, 1.82) is 0 Å². The van der Waals surface area contributed by atoms with E-state index in [0.29, 0.717) is 29.4 Å². The minimum atomic E-state index is -3.76. The monoisotopic (exact) mass is 470 g/mol. The lowest BCUT2D eigenvalue weighted by molar-refractivity contribution is 0.0998. The van der Waals surface area contributed by atoms with Crippen LogP contribution >= 0.6 is 0 Å². The fraction of sp³-hybridized carbons (Fsp3) is 0.115. The Balaban J connectivity index is 1.47. The second kappa shape index (κ2) is 9.07. The summed E-state index contributed by atoms with van der Waals surface area (Å²) in [5.41, 5.74) is 2.06. The number of nitrogens with zero attached hydrogens (tertiary/aromatic N) is 4. The number of pyridine rings is 2. The molecule has 0 spiro atoms. The predicted molar refractivity (Wildman–Crippen MR) is 131 cm³/mol. The number of amides is 1. The third-order valence-electron chi connectivity index (χ3n) is 5.72. The smallest absolute Gasteiger partial charge is 0.265 e. The van der Waals surface area contributed by atoms with Gasteiger partial charge in [-0.3, -0.25) is 9.10 Å². The number of aromatic nitrogens is 2. The van der Waals surface area contributed by atoms with Crippen LogP contribution in [0.2, 0.25) is 0 Å². The summed E-state index contributed by atoms with van der Waals surface area (Å²) in [6, 6.07) is 24.1. The molecule has 0 N–H and O–H groups in total. The van der Waals surface area contributed by atoms with Gasteiger partial charge in [-0.2, -0.15) is 0 Å². The first-order chi connectivity index (χ1) is 16.6. The van der Waals surface area contributed by atoms with Gasteiger partial charge in [-0.05, 0) is 73.0 Å². The van der Waals surface area contributed by atoms with Gasteiger partial charge in [-0.15, -0.1) is 0 Å². The van der Waals surface area contributed by atoms with Crippen LogP contribution in [-0.2, 0) is 16.4 Å². The van der Waals surface area contributed by atoms with E-state index in [1.54, 1.807) is 48.8 Å². The highest BCUT2D eigenvalue weighted by molar-refractivity contribution is 7.92. The topological polar surface area (TPSA) is 83.5 Å². The third-order valence-corrected chi connectivity index (χ3v) is 7.54. The molecule has 7 nitrogen and oxygen atoms in total. The first kappa shape index (κ1) is 21.8. The first-order valence-electron chi connectivity index (χ1n) is 10.9. The average Bonchev–Trinajstić information content (AvgIpc) is 2.90. The van der Waals surface area contributed by atoms with Crippen LogP contribution in [0, 0.1) is 0 Å². The Morgan fingerprint density at radius 3 is 2.03 bits per heavy atom. The van der Waals surface area contributed by atoms with Gasteiger partial charge >= 0.3 is 0 Å². The Hall–Kier alpha value is -4.04. The molecule has 0 atom stereocenters. The minimum absolute atomic E-state index is 0.142. The average molecular weight is 471 g/mol. The van der Waals surface area contributed by atoms with Crippen molar-refractivity contribution in [1.82, 2.24) is 9.97 Å². The van der Waals surface area contributed by atoms with E-state index in [2.05, 4.69) is 9.97 Å². The number of rotatable bonds is 5. The highest BCUT2D eigenvalue weighted by atomic mass is 32.2. The summed E-state index contributed by atoms with van der Waals surface area (Å²) in [6.45, 7) is 0.424.